The monoisotopic (exact) mass is 349 g/mol. The second-order valence-corrected chi connectivity index (χ2v) is 6.39. The van der Waals surface area contributed by atoms with Crippen molar-refractivity contribution in [3.8, 4) is 5.75 Å². The Bertz CT molecular complexity index is 704. The molecule has 0 atom stereocenters. The Labute approximate surface area is 144 Å². The molecule has 1 amide bonds. The van der Waals surface area contributed by atoms with Gasteiger partial charge in [-0.1, -0.05) is 0 Å². The van der Waals surface area contributed by atoms with Crippen LogP contribution in [0.2, 0.25) is 0 Å². The maximum absolute atomic E-state index is 12.1. The van der Waals surface area contributed by atoms with E-state index >= 15 is 0 Å². The van der Waals surface area contributed by atoms with Crippen molar-refractivity contribution in [2.24, 2.45) is 0 Å². The second kappa shape index (κ2) is 7.33. The first-order valence-corrected chi connectivity index (χ1v) is 7.61. The number of carbonyl (C=O) groups excluding carboxylic acids is 2. The van der Waals surface area contributed by atoms with Gasteiger partial charge in [0.15, 0.2) is 0 Å². The molecule has 1 saturated heterocycles. The molecule has 25 heavy (non-hydrogen) atoms. The fraction of sp³-hybridized carbons (Fsp3) is 0.438. The number of nitro benzene ring substituents is 1. The lowest BCUT2D eigenvalue weighted by atomic mass is 10.2. The highest BCUT2D eigenvalue weighted by atomic mass is 16.7. The van der Waals surface area contributed by atoms with E-state index in [9.17, 15) is 19.7 Å². The Morgan fingerprint density at radius 2 is 1.88 bits per heavy atom. The van der Waals surface area contributed by atoms with Crippen LogP contribution in [-0.2, 0) is 9.53 Å². The predicted molar refractivity (Wildman–Crippen MR) is 87.4 cm³/mol. The fourth-order valence-electron chi connectivity index (χ4n) is 2.14. The Morgan fingerprint density at radius 3 is 2.40 bits per heavy atom. The lowest BCUT2D eigenvalue weighted by Gasteiger charge is -2.35. The van der Waals surface area contributed by atoms with Crippen LogP contribution in [0.5, 0.6) is 5.75 Å². The molecular weight excluding hydrogens is 330 g/mol. The highest BCUT2D eigenvalue weighted by molar-refractivity contribution is 5.74. The summed E-state index contributed by atoms with van der Waals surface area (Å²) in [6.45, 7) is 5.79. The van der Waals surface area contributed by atoms with Crippen molar-refractivity contribution in [2.75, 3.05) is 19.6 Å². The van der Waals surface area contributed by atoms with E-state index in [-0.39, 0.29) is 24.5 Å². The van der Waals surface area contributed by atoms with Gasteiger partial charge in [-0.2, -0.15) is 0 Å². The highest BCUT2D eigenvalue weighted by Crippen LogP contribution is 2.21. The molecule has 1 aromatic rings. The molecule has 0 bridgehead atoms. The Hall–Kier alpha value is -2.90. The van der Waals surface area contributed by atoms with E-state index in [0.717, 1.165) is 0 Å². The van der Waals surface area contributed by atoms with Crippen LogP contribution in [0.25, 0.3) is 0 Å². The number of non-ortho nitro benzene ring substituents is 1. The van der Waals surface area contributed by atoms with Gasteiger partial charge >= 0.3 is 6.09 Å². The number of nitrogens with zero attached hydrogens (tertiary/aromatic N) is 3. The summed E-state index contributed by atoms with van der Waals surface area (Å²) in [5, 5.41) is 12.1. The van der Waals surface area contributed by atoms with Gasteiger partial charge in [0.1, 0.15) is 23.0 Å². The average molecular weight is 349 g/mol. The number of hydrogen-bond acceptors (Lipinski definition) is 7. The molecule has 1 heterocycles. The van der Waals surface area contributed by atoms with E-state index in [0.29, 0.717) is 12.3 Å². The average Bonchev–Trinajstić information content (AvgIpc) is 2.53. The molecule has 0 radical (unpaired) electrons. The van der Waals surface area contributed by atoms with Crippen molar-refractivity contribution in [3.05, 3.63) is 40.1 Å². The molecule has 1 aliphatic rings. The van der Waals surface area contributed by atoms with E-state index in [2.05, 4.69) is 0 Å². The van der Waals surface area contributed by atoms with Crippen molar-refractivity contribution < 1.29 is 24.1 Å². The summed E-state index contributed by atoms with van der Waals surface area (Å²) >= 11 is 0. The maximum atomic E-state index is 12.1. The molecule has 134 valence electrons. The van der Waals surface area contributed by atoms with Crippen molar-refractivity contribution in [3.63, 3.8) is 0 Å². The summed E-state index contributed by atoms with van der Waals surface area (Å²) < 4.78 is 5.26. The molecule has 0 N–H and O–H groups in total. The Balaban J connectivity index is 2.00. The normalized spacial score (nSPS) is 15.5. The van der Waals surface area contributed by atoms with E-state index < -0.39 is 16.6 Å². The third-order valence-electron chi connectivity index (χ3n) is 3.24. The number of hydroxylamine groups is 2. The summed E-state index contributed by atoms with van der Waals surface area (Å²) in [6.07, 6.45) is -0.610. The first-order chi connectivity index (χ1) is 11.7. The summed E-state index contributed by atoms with van der Waals surface area (Å²) in [5.41, 5.74) is -0.615. The molecule has 1 aliphatic heterocycles. The number of rotatable bonds is 3. The standard InChI is InChI=1S/C16H19N3O6/c1-16(2,3)24-15(21)18-9-8-17(10-13(18)11-20)25-14-6-4-12(5-7-14)19(22)23/h4-7H,8-10H2,1-3H3. The maximum Gasteiger partial charge on any atom is 0.415 e. The van der Waals surface area contributed by atoms with E-state index in [1.54, 1.807) is 26.7 Å². The minimum atomic E-state index is -0.669. The molecule has 0 aromatic heterocycles. The van der Waals surface area contributed by atoms with Crippen molar-refractivity contribution in [1.82, 2.24) is 9.96 Å². The smallest absolute Gasteiger partial charge is 0.415 e. The SMILES string of the molecule is CC(C)(C)OC(=O)N1CCN(Oc2ccc([N+](=O)[O-])cc2)CC1=C=O. The topological polar surface area (TPSA) is 102 Å². The van der Waals surface area contributed by atoms with Crippen LogP contribution in [0.3, 0.4) is 0 Å². The summed E-state index contributed by atoms with van der Waals surface area (Å²) in [5.74, 6) is 2.13. The number of hydrogen-bond donors (Lipinski definition) is 0. The van der Waals surface area contributed by atoms with Gasteiger partial charge in [0.2, 0.25) is 0 Å². The minimum Gasteiger partial charge on any atom is -0.443 e. The summed E-state index contributed by atoms with van der Waals surface area (Å²) in [4.78, 5) is 40.3. The van der Waals surface area contributed by atoms with Gasteiger partial charge in [-0.25, -0.2) is 9.59 Å². The van der Waals surface area contributed by atoms with E-state index in [1.807, 2.05) is 0 Å². The molecule has 0 unspecified atom stereocenters. The predicted octanol–water partition coefficient (Wildman–Crippen LogP) is 2.16. The summed E-state index contributed by atoms with van der Waals surface area (Å²) in [6, 6.07) is 5.57. The zero-order chi connectivity index (χ0) is 18.6. The van der Waals surface area contributed by atoms with E-state index in [4.69, 9.17) is 9.57 Å². The van der Waals surface area contributed by atoms with Gasteiger partial charge in [0, 0.05) is 18.7 Å². The number of ether oxygens (including phenoxy) is 1. The van der Waals surface area contributed by atoms with Crippen molar-refractivity contribution in [2.45, 2.75) is 26.4 Å². The van der Waals surface area contributed by atoms with Gasteiger partial charge in [0.05, 0.1) is 18.0 Å². The van der Waals surface area contributed by atoms with Crippen LogP contribution in [0.1, 0.15) is 20.8 Å². The summed E-state index contributed by atoms with van der Waals surface area (Å²) in [7, 11) is 0. The third-order valence-corrected chi connectivity index (χ3v) is 3.24. The van der Waals surface area contributed by atoms with Gasteiger partial charge in [0.25, 0.3) is 5.69 Å². The van der Waals surface area contributed by atoms with Crippen LogP contribution >= 0.6 is 0 Å². The molecule has 1 fully saturated rings. The molecule has 0 aliphatic carbocycles. The zero-order valence-electron chi connectivity index (χ0n) is 14.2. The van der Waals surface area contributed by atoms with Crippen LogP contribution < -0.4 is 4.84 Å². The minimum absolute atomic E-state index is 0.0414. The van der Waals surface area contributed by atoms with Crippen molar-refractivity contribution >= 4 is 17.7 Å². The van der Waals surface area contributed by atoms with Gasteiger partial charge in [-0.05, 0) is 32.9 Å². The third kappa shape index (κ3) is 5.03. The Morgan fingerprint density at radius 1 is 1.24 bits per heavy atom. The Kier molecular flexibility index (Phi) is 5.41. The van der Waals surface area contributed by atoms with Crippen LogP contribution in [0, 0.1) is 10.1 Å². The molecule has 0 saturated carbocycles. The fourth-order valence-corrected chi connectivity index (χ4v) is 2.14. The first-order valence-electron chi connectivity index (χ1n) is 7.61. The van der Waals surface area contributed by atoms with Crippen LogP contribution in [0.4, 0.5) is 10.5 Å². The zero-order valence-corrected chi connectivity index (χ0v) is 14.2. The number of piperazine rings is 1. The second-order valence-electron chi connectivity index (χ2n) is 6.39. The lowest BCUT2D eigenvalue weighted by Crippen LogP contribution is -2.49. The molecule has 1 aromatic carbocycles. The van der Waals surface area contributed by atoms with Gasteiger partial charge in [-0.15, -0.1) is 5.06 Å². The molecule has 9 nitrogen and oxygen atoms in total. The highest BCUT2D eigenvalue weighted by Gasteiger charge is 2.31. The quantitative estimate of drug-likeness (QED) is 0.468. The number of nitro groups is 1. The van der Waals surface area contributed by atoms with Gasteiger partial charge < -0.3 is 9.57 Å². The van der Waals surface area contributed by atoms with E-state index in [1.165, 1.54) is 34.2 Å². The molecule has 0 spiro atoms. The number of carbonyl (C=O) groups is 1. The first kappa shape index (κ1) is 18.4. The molecular formula is C16H19N3O6. The lowest BCUT2D eigenvalue weighted by molar-refractivity contribution is -0.384. The van der Waals surface area contributed by atoms with Crippen LogP contribution in [-0.4, -0.2) is 52.2 Å². The molecule has 9 heteroatoms. The van der Waals surface area contributed by atoms with Gasteiger partial charge in [-0.3, -0.25) is 15.0 Å². The number of benzene rings is 1. The largest absolute Gasteiger partial charge is 0.443 e. The number of amides is 1. The van der Waals surface area contributed by atoms with Crippen LogP contribution in [0.15, 0.2) is 30.0 Å². The molecule has 2 rings (SSSR count). The van der Waals surface area contributed by atoms with Crippen molar-refractivity contribution in [1.29, 1.82) is 0 Å².